The third-order valence-electron chi connectivity index (χ3n) is 4.90. The van der Waals surface area contributed by atoms with Crippen LogP contribution in [-0.4, -0.2) is 41.0 Å². The van der Waals surface area contributed by atoms with Crippen LogP contribution in [0.25, 0.3) is 0 Å². The summed E-state index contributed by atoms with van der Waals surface area (Å²) in [4.78, 5) is 49.8. The number of urea groups is 1. The lowest BCUT2D eigenvalue weighted by Crippen LogP contribution is -2.45. The first-order valence-corrected chi connectivity index (χ1v) is 9.45. The number of rotatable bonds is 5. The van der Waals surface area contributed by atoms with E-state index in [1.54, 1.807) is 48.5 Å². The molecule has 0 radical (unpaired) electrons. The Bertz CT molecular complexity index is 953. The van der Waals surface area contributed by atoms with Crippen molar-refractivity contribution < 1.29 is 19.2 Å². The zero-order chi connectivity index (χ0) is 21.0. The fourth-order valence-corrected chi connectivity index (χ4v) is 3.31. The molecule has 1 aliphatic heterocycles. The van der Waals surface area contributed by atoms with E-state index in [-0.39, 0.29) is 23.5 Å². The van der Waals surface area contributed by atoms with Crippen molar-refractivity contribution >= 4 is 34.9 Å². The second-order valence-corrected chi connectivity index (χ2v) is 7.04. The first kappa shape index (κ1) is 20.3. The van der Waals surface area contributed by atoms with Gasteiger partial charge in [-0.15, -0.1) is 0 Å². The maximum absolute atomic E-state index is 12.7. The standard InChI is InChI=1S/C22H23N3O4/c1-14(26)16-8-10-18(11-9-16)23-21(28)20-7-4-12-25(20)22(29)24-19-6-3-5-17(13-19)15(2)27/h3,5-6,8-11,13,20H,4,7,12H2,1-2H3,(H,23,28)(H,24,29)/t20-/m1/s1. The van der Waals surface area contributed by atoms with E-state index in [0.29, 0.717) is 35.5 Å². The molecule has 29 heavy (non-hydrogen) atoms. The first-order valence-electron chi connectivity index (χ1n) is 9.45. The Morgan fingerprint density at radius 2 is 1.55 bits per heavy atom. The largest absolute Gasteiger partial charge is 0.324 e. The zero-order valence-electron chi connectivity index (χ0n) is 16.4. The maximum Gasteiger partial charge on any atom is 0.322 e. The molecule has 3 amide bonds. The Morgan fingerprint density at radius 1 is 0.862 bits per heavy atom. The maximum atomic E-state index is 12.7. The minimum atomic E-state index is -0.585. The van der Waals surface area contributed by atoms with Crippen molar-refractivity contribution in [1.82, 2.24) is 4.90 Å². The van der Waals surface area contributed by atoms with Crippen LogP contribution in [0.3, 0.4) is 0 Å². The van der Waals surface area contributed by atoms with Crippen LogP contribution in [0.5, 0.6) is 0 Å². The highest BCUT2D eigenvalue weighted by molar-refractivity contribution is 6.01. The molecule has 2 N–H and O–H groups in total. The SMILES string of the molecule is CC(=O)c1ccc(NC(=O)[C@H]2CCCN2C(=O)Nc2cccc(C(C)=O)c2)cc1. The van der Waals surface area contributed by atoms with Gasteiger partial charge in [-0.3, -0.25) is 14.4 Å². The Labute approximate surface area is 169 Å². The van der Waals surface area contributed by atoms with Gasteiger partial charge in [-0.05, 0) is 63.1 Å². The van der Waals surface area contributed by atoms with Gasteiger partial charge in [0, 0.05) is 29.0 Å². The van der Waals surface area contributed by atoms with Gasteiger partial charge in [-0.25, -0.2) is 4.79 Å². The Balaban J connectivity index is 1.66. The summed E-state index contributed by atoms with van der Waals surface area (Å²) in [6, 6.07) is 12.4. The molecule has 7 heteroatoms. The van der Waals surface area contributed by atoms with Crippen molar-refractivity contribution in [3.05, 3.63) is 59.7 Å². The summed E-state index contributed by atoms with van der Waals surface area (Å²) in [5.74, 6) is -0.406. The summed E-state index contributed by atoms with van der Waals surface area (Å²) < 4.78 is 0. The summed E-state index contributed by atoms with van der Waals surface area (Å²) in [6.45, 7) is 3.42. The second-order valence-electron chi connectivity index (χ2n) is 7.04. The van der Waals surface area contributed by atoms with Crippen molar-refractivity contribution in [2.75, 3.05) is 17.2 Å². The lowest BCUT2D eigenvalue weighted by molar-refractivity contribution is -0.119. The van der Waals surface area contributed by atoms with Gasteiger partial charge in [0.2, 0.25) is 5.91 Å². The second kappa shape index (κ2) is 8.68. The van der Waals surface area contributed by atoms with Crippen LogP contribution in [0, 0.1) is 0 Å². The molecule has 1 heterocycles. The van der Waals surface area contributed by atoms with Gasteiger partial charge in [0.05, 0.1) is 0 Å². The predicted octanol–water partition coefficient (Wildman–Crippen LogP) is 3.73. The smallest absolute Gasteiger partial charge is 0.322 e. The minimum absolute atomic E-state index is 0.0460. The quantitative estimate of drug-likeness (QED) is 0.757. The van der Waals surface area contributed by atoms with E-state index in [1.165, 1.54) is 18.7 Å². The number of carbonyl (C=O) groups excluding carboxylic acids is 4. The van der Waals surface area contributed by atoms with Gasteiger partial charge >= 0.3 is 6.03 Å². The molecule has 1 saturated heterocycles. The average Bonchev–Trinajstić information content (AvgIpc) is 3.19. The third kappa shape index (κ3) is 4.87. The van der Waals surface area contributed by atoms with Crippen LogP contribution in [0.15, 0.2) is 48.5 Å². The van der Waals surface area contributed by atoms with Gasteiger partial charge in [0.15, 0.2) is 11.6 Å². The van der Waals surface area contributed by atoms with Crippen LogP contribution < -0.4 is 10.6 Å². The lowest BCUT2D eigenvalue weighted by Gasteiger charge is -2.24. The van der Waals surface area contributed by atoms with Crippen LogP contribution >= 0.6 is 0 Å². The highest BCUT2D eigenvalue weighted by Gasteiger charge is 2.34. The van der Waals surface area contributed by atoms with Crippen molar-refractivity contribution in [3.8, 4) is 0 Å². The summed E-state index contributed by atoms with van der Waals surface area (Å²) in [5.41, 5.74) is 2.15. The molecule has 150 valence electrons. The van der Waals surface area contributed by atoms with Crippen molar-refractivity contribution in [2.24, 2.45) is 0 Å². The molecular weight excluding hydrogens is 370 g/mol. The molecule has 0 spiro atoms. The summed E-state index contributed by atoms with van der Waals surface area (Å²) in [6.07, 6.45) is 1.29. The predicted molar refractivity (Wildman–Crippen MR) is 110 cm³/mol. The molecule has 2 aromatic rings. The molecule has 0 aromatic heterocycles. The molecule has 0 unspecified atom stereocenters. The molecule has 1 aliphatic rings. The van der Waals surface area contributed by atoms with Gasteiger partial charge in [0.25, 0.3) is 0 Å². The topological polar surface area (TPSA) is 95.6 Å². The molecule has 7 nitrogen and oxygen atoms in total. The number of hydrogen-bond acceptors (Lipinski definition) is 4. The van der Waals surface area contributed by atoms with E-state index in [4.69, 9.17) is 0 Å². The van der Waals surface area contributed by atoms with E-state index >= 15 is 0 Å². The Hall–Kier alpha value is -3.48. The average molecular weight is 393 g/mol. The number of hydrogen-bond donors (Lipinski definition) is 2. The molecule has 1 fully saturated rings. The number of nitrogens with one attached hydrogen (secondary N) is 2. The van der Waals surface area contributed by atoms with Gasteiger partial charge < -0.3 is 15.5 Å². The normalized spacial score (nSPS) is 15.7. The zero-order valence-corrected chi connectivity index (χ0v) is 16.4. The molecule has 0 saturated carbocycles. The monoisotopic (exact) mass is 393 g/mol. The number of likely N-dealkylation sites (tertiary alicyclic amines) is 1. The number of amides is 3. The number of nitrogens with zero attached hydrogens (tertiary/aromatic N) is 1. The molecular formula is C22H23N3O4. The van der Waals surface area contributed by atoms with Crippen molar-refractivity contribution in [1.29, 1.82) is 0 Å². The van der Waals surface area contributed by atoms with Gasteiger partial charge in [0.1, 0.15) is 6.04 Å². The van der Waals surface area contributed by atoms with Crippen LogP contribution in [0.2, 0.25) is 0 Å². The van der Waals surface area contributed by atoms with Gasteiger partial charge in [-0.2, -0.15) is 0 Å². The number of Topliss-reactive ketones (excluding diaryl/α,β-unsaturated/α-hetero) is 2. The van der Waals surface area contributed by atoms with Crippen LogP contribution in [0.1, 0.15) is 47.4 Å². The molecule has 3 rings (SSSR count). The molecule has 0 bridgehead atoms. The highest BCUT2D eigenvalue weighted by atomic mass is 16.2. The molecule has 2 aromatic carbocycles. The van der Waals surface area contributed by atoms with Crippen LogP contribution in [-0.2, 0) is 4.79 Å². The highest BCUT2D eigenvalue weighted by Crippen LogP contribution is 2.21. The van der Waals surface area contributed by atoms with E-state index in [1.807, 2.05) is 0 Å². The van der Waals surface area contributed by atoms with Crippen molar-refractivity contribution in [2.45, 2.75) is 32.7 Å². The van der Waals surface area contributed by atoms with E-state index in [0.717, 1.165) is 6.42 Å². The van der Waals surface area contributed by atoms with Gasteiger partial charge in [-0.1, -0.05) is 12.1 Å². The van der Waals surface area contributed by atoms with E-state index in [2.05, 4.69) is 10.6 Å². The fraction of sp³-hybridized carbons (Fsp3) is 0.273. The van der Waals surface area contributed by atoms with Crippen LogP contribution in [0.4, 0.5) is 16.2 Å². The van der Waals surface area contributed by atoms with Crippen molar-refractivity contribution in [3.63, 3.8) is 0 Å². The number of anilines is 2. The van der Waals surface area contributed by atoms with E-state index in [9.17, 15) is 19.2 Å². The first-order chi connectivity index (χ1) is 13.8. The Kier molecular flexibility index (Phi) is 6.07. The summed E-state index contributed by atoms with van der Waals surface area (Å²) >= 11 is 0. The number of benzene rings is 2. The third-order valence-corrected chi connectivity index (χ3v) is 4.90. The number of ketones is 2. The van der Waals surface area contributed by atoms with E-state index < -0.39 is 6.04 Å². The molecule has 0 aliphatic carbocycles. The molecule has 1 atom stereocenters. The Morgan fingerprint density at radius 3 is 2.21 bits per heavy atom. The summed E-state index contributed by atoms with van der Waals surface area (Å²) in [7, 11) is 0. The fourth-order valence-electron chi connectivity index (χ4n) is 3.31. The summed E-state index contributed by atoms with van der Waals surface area (Å²) in [5, 5.41) is 5.57. The lowest BCUT2D eigenvalue weighted by atomic mass is 10.1. The minimum Gasteiger partial charge on any atom is -0.324 e. The number of carbonyl (C=O) groups is 4.